The number of unbranched alkanes of at least 4 members (excludes halogenated alkanes) is 30. The fourth-order valence-corrected chi connectivity index (χ4v) is 8.34. The Balaban J connectivity index is 2.55. The van der Waals surface area contributed by atoms with Crippen molar-refractivity contribution in [1.29, 1.82) is 0 Å². The Morgan fingerprint density at radius 3 is 1.21 bits per heavy atom. The van der Waals surface area contributed by atoms with Crippen molar-refractivity contribution in [2.75, 3.05) is 6.61 Å². The van der Waals surface area contributed by atoms with Crippen molar-refractivity contribution in [2.24, 2.45) is 5.41 Å². The molecule has 0 aliphatic rings. The van der Waals surface area contributed by atoms with Gasteiger partial charge in [0.25, 0.3) is 0 Å². The van der Waals surface area contributed by atoms with Gasteiger partial charge < -0.3 is 14.9 Å². The van der Waals surface area contributed by atoms with Crippen LogP contribution >= 0.6 is 0 Å². The van der Waals surface area contributed by atoms with Gasteiger partial charge in [0, 0.05) is 0 Å². The molecule has 326 valence electrons. The first-order chi connectivity index (χ1) is 27.0. The van der Waals surface area contributed by atoms with E-state index >= 15 is 0 Å². The summed E-state index contributed by atoms with van der Waals surface area (Å²) in [6.45, 7) is 12.8. The van der Waals surface area contributed by atoms with Crippen LogP contribution in [0.4, 0.5) is 0 Å². The summed E-state index contributed by atoms with van der Waals surface area (Å²) in [5.41, 5.74) is 0.289. The Morgan fingerprint density at radius 1 is 0.536 bits per heavy atom. The third-order valence-electron chi connectivity index (χ3n) is 12.2. The molecule has 1 unspecified atom stereocenters. The van der Waals surface area contributed by atoms with Gasteiger partial charge in [0.2, 0.25) is 0 Å². The lowest BCUT2D eigenvalue weighted by molar-refractivity contribution is -0.169. The molecule has 0 aromatic heterocycles. The quantitative estimate of drug-likeness (QED) is 0.0396. The van der Waals surface area contributed by atoms with Gasteiger partial charge in [-0.25, -0.2) is 0 Å². The van der Waals surface area contributed by atoms with Crippen molar-refractivity contribution in [3.05, 3.63) is 28.8 Å². The Labute approximate surface area is 347 Å². The number of rotatable bonds is 38. The van der Waals surface area contributed by atoms with Crippen molar-refractivity contribution < 1.29 is 24.5 Å². The average molecular weight is 785 g/mol. The van der Waals surface area contributed by atoms with Gasteiger partial charge in [-0.15, -0.1) is 0 Å². The van der Waals surface area contributed by atoms with Gasteiger partial charge >= 0.3 is 11.9 Å². The Morgan fingerprint density at radius 2 is 0.875 bits per heavy atom. The zero-order valence-electron chi connectivity index (χ0n) is 38.0. The van der Waals surface area contributed by atoms with Gasteiger partial charge in [-0.05, 0) is 48.3 Å². The van der Waals surface area contributed by atoms with Gasteiger partial charge in [0.1, 0.15) is 5.75 Å². The molecule has 0 fully saturated rings. The number of carbonyl (C=O) groups is 2. The minimum Gasteiger partial charge on any atom is -0.507 e. The van der Waals surface area contributed by atoms with Crippen LogP contribution in [0.15, 0.2) is 12.1 Å². The van der Waals surface area contributed by atoms with Crippen LogP contribution in [-0.4, -0.2) is 28.8 Å². The maximum atomic E-state index is 13.8. The molecule has 5 heteroatoms. The third-order valence-corrected chi connectivity index (χ3v) is 12.2. The highest BCUT2D eigenvalue weighted by atomic mass is 16.5. The van der Waals surface area contributed by atoms with Crippen LogP contribution in [0.2, 0.25) is 0 Å². The van der Waals surface area contributed by atoms with Crippen molar-refractivity contribution in [2.45, 2.75) is 265 Å². The van der Waals surface area contributed by atoms with E-state index in [1.54, 1.807) is 0 Å². The summed E-state index contributed by atoms with van der Waals surface area (Å²) in [6.07, 6.45) is 40.8. The summed E-state index contributed by atoms with van der Waals surface area (Å²) >= 11 is 0. The molecule has 0 heterocycles. The highest BCUT2D eigenvalue weighted by molar-refractivity contribution is 5.99. The number of carboxylic acids is 1. The van der Waals surface area contributed by atoms with Crippen molar-refractivity contribution in [1.82, 2.24) is 0 Å². The molecule has 1 aromatic rings. The largest absolute Gasteiger partial charge is 0.507 e. The fraction of sp³-hybridized carbons (Fsp3) is 0.843. The molecule has 0 radical (unpaired) electrons. The van der Waals surface area contributed by atoms with E-state index in [2.05, 4.69) is 13.8 Å². The molecule has 5 nitrogen and oxygen atoms in total. The predicted octanol–water partition coefficient (Wildman–Crippen LogP) is 16.1. The van der Waals surface area contributed by atoms with Crippen LogP contribution in [0.5, 0.6) is 5.75 Å². The SMILES string of the molecule is CCCCCCCCCCCCCCCCCCOC(=O)C(CCCCCCCCCCCCCCCCCC)(Cc1cc(C)c(O)c(C(C)(C)C)c1)C(=O)O. The second kappa shape index (κ2) is 32.9. The summed E-state index contributed by atoms with van der Waals surface area (Å²) in [7, 11) is 0. The summed E-state index contributed by atoms with van der Waals surface area (Å²) in [5.74, 6) is -1.46. The summed E-state index contributed by atoms with van der Waals surface area (Å²) in [5, 5.41) is 21.6. The lowest BCUT2D eigenvalue weighted by atomic mass is 9.75. The number of benzene rings is 1. The minimum absolute atomic E-state index is 0.0725. The van der Waals surface area contributed by atoms with Crippen molar-refractivity contribution in [3.63, 3.8) is 0 Å². The molecule has 1 aromatic carbocycles. The highest BCUT2D eigenvalue weighted by Gasteiger charge is 2.47. The number of aryl methyl sites for hydroxylation is 1. The van der Waals surface area contributed by atoms with E-state index in [-0.39, 0.29) is 30.6 Å². The second-order valence-corrected chi connectivity index (χ2v) is 18.6. The minimum atomic E-state index is -1.64. The number of ether oxygens (including phenoxy) is 1. The first kappa shape index (κ1) is 52.0. The number of aliphatic carboxylic acids is 1. The lowest BCUT2D eigenvalue weighted by Crippen LogP contribution is -2.43. The number of aromatic hydroxyl groups is 1. The van der Waals surface area contributed by atoms with Crippen molar-refractivity contribution in [3.8, 4) is 5.75 Å². The van der Waals surface area contributed by atoms with Crippen LogP contribution in [0.25, 0.3) is 0 Å². The van der Waals surface area contributed by atoms with E-state index in [4.69, 9.17) is 4.74 Å². The summed E-state index contributed by atoms with van der Waals surface area (Å²) in [4.78, 5) is 27.0. The molecule has 56 heavy (non-hydrogen) atoms. The van der Waals surface area contributed by atoms with Crippen LogP contribution < -0.4 is 0 Å². The van der Waals surface area contributed by atoms with Gasteiger partial charge in [-0.3, -0.25) is 9.59 Å². The van der Waals surface area contributed by atoms with E-state index in [1.807, 2.05) is 39.8 Å². The summed E-state index contributed by atoms with van der Waals surface area (Å²) in [6, 6.07) is 3.75. The van der Waals surface area contributed by atoms with Crippen LogP contribution in [-0.2, 0) is 26.2 Å². The number of hydrogen-bond acceptors (Lipinski definition) is 4. The molecule has 0 aliphatic heterocycles. The molecule has 1 rings (SSSR count). The van der Waals surface area contributed by atoms with E-state index in [1.165, 1.54) is 161 Å². The smallest absolute Gasteiger partial charge is 0.323 e. The number of hydrogen-bond donors (Lipinski definition) is 2. The maximum absolute atomic E-state index is 13.8. The molecule has 0 saturated carbocycles. The van der Waals surface area contributed by atoms with Crippen LogP contribution in [0, 0.1) is 12.3 Å². The van der Waals surface area contributed by atoms with E-state index in [9.17, 15) is 19.8 Å². The number of phenolic OH excluding ortho intramolecular Hbond substituents is 1. The molecule has 2 N–H and O–H groups in total. The van der Waals surface area contributed by atoms with Gasteiger partial charge in [-0.2, -0.15) is 0 Å². The van der Waals surface area contributed by atoms with Gasteiger partial charge in [0.05, 0.1) is 6.61 Å². The number of carboxylic acid groups (broad SMARTS) is 1. The molecule has 0 aliphatic carbocycles. The fourth-order valence-electron chi connectivity index (χ4n) is 8.34. The topological polar surface area (TPSA) is 83.8 Å². The van der Waals surface area contributed by atoms with E-state index in [0.717, 1.165) is 49.7 Å². The van der Waals surface area contributed by atoms with Crippen molar-refractivity contribution >= 4 is 11.9 Å². The number of phenols is 1. The molecule has 1 atom stereocenters. The number of esters is 1. The monoisotopic (exact) mass is 785 g/mol. The molecule has 0 saturated heterocycles. The third kappa shape index (κ3) is 24.0. The Kier molecular flexibility index (Phi) is 30.5. The predicted molar refractivity (Wildman–Crippen MR) is 240 cm³/mol. The first-order valence-corrected chi connectivity index (χ1v) is 24.2. The van der Waals surface area contributed by atoms with Crippen LogP contribution in [0.1, 0.15) is 263 Å². The number of carbonyl (C=O) groups excluding carboxylic acids is 1. The Hall–Kier alpha value is -2.04. The molecule has 0 spiro atoms. The standard InChI is InChI=1S/C51H92O5/c1-7-9-11-13-15-17-19-21-23-25-27-29-31-33-35-37-39-51(48(53)54,43-45-41-44(3)47(52)46(42-45)50(4,5)6)49(55)56-40-38-36-34-32-30-28-26-24-22-20-18-16-14-12-10-8-2/h41-42,52H,7-40,43H2,1-6H3,(H,53,54). The average Bonchev–Trinajstić information content (AvgIpc) is 3.16. The lowest BCUT2D eigenvalue weighted by Gasteiger charge is -2.29. The first-order valence-electron chi connectivity index (χ1n) is 24.2. The van der Waals surface area contributed by atoms with E-state index in [0.29, 0.717) is 12.0 Å². The molecular weight excluding hydrogens is 693 g/mol. The van der Waals surface area contributed by atoms with Crippen LogP contribution in [0.3, 0.4) is 0 Å². The zero-order valence-corrected chi connectivity index (χ0v) is 38.0. The molecule has 0 amide bonds. The van der Waals surface area contributed by atoms with Gasteiger partial charge in [0.15, 0.2) is 5.41 Å². The van der Waals surface area contributed by atoms with E-state index < -0.39 is 17.4 Å². The maximum Gasteiger partial charge on any atom is 0.323 e. The van der Waals surface area contributed by atoms with Gasteiger partial charge in [-0.1, -0.05) is 246 Å². The molecule has 0 bridgehead atoms. The summed E-state index contributed by atoms with van der Waals surface area (Å²) < 4.78 is 5.82. The second-order valence-electron chi connectivity index (χ2n) is 18.6. The zero-order chi connectivity index (χ0) is 41.3. The highest BCUT2D eigenvalue weighted by Crippen LogP contribution is 2.38. The Bertz CT molecular complexity index is 1120. The molecular formula is C51H92O5. The normalized spacial score (nSPS) is 12.9.